The number of ether oxygens (including phenoxy) is 2. The lowest BCUT2D eigenvalue weighted by Crippen LogP contribution is -2.40. The van der Waals surface area contributed by atoms with Gasteiger partial charge in [-0.2, -0.15) is 0 Å². The molecular weight excluding hydrogens is 232 g/mol. The summed E-state index contributed by atoms with van der Waals surface area (Å²) >= 11 is 0. The molecule has 0 aromatic rings. The maximum absolute atomic E-state index is 11.6. The van der Waals surface area contributed by atoms with Gasteiger partial charge in [-0.25, -0.2) is 0 Å². The molecule has 1 rings (SSSR count). The highest BCUT2D eigenvalue weighted by molar-refractivity contribution is 5.71. The van der Waals surface area contributed by atoms with E-state index in [1.807, 2.05) is 13.8 Å². The molecule has 2 unspecified atom stereocenters. The molecule has 4 nitrogen and oxygen atoms in total. The summed E-state index contributed by atoms with van der Waals surface area (Å²) in [6.07, 6.45) is 5.28. The minimum absolute atomic E-state index is 0.166. The first kappa shape index (κ1) is 15.4. The van der Waals surface area contributed by atoms with Crippen molar-refractivity contribution in [1.82, 2.24) is 0 Å². The van der Waals surface area contributed by atoms with Crippen LogP contribution < -0.4 is 0 Å². The molecular formula is C14H26O4. The number of methoxy groups -OCH3 is 1. The van der Waals surface area contributed by atoms with Crippen LogP contribution in [0.4, 0.5) is 0 Å². The second-order valence-corrected chi connectivity index (χ2v) is 5.54. The molecule has 1 N–H and O–H groups in total. The minimum Gasteiger partial charge on any atom is -0.481 e. The number of hydrogen-bond donors (Lipinski definition) is 1. The van der Waals surface area contributed by atoms with Gasteiger partial charge in [0.2, 0.25) is 0 Å². The fourth-order valence-electron chi connectivity index (χ4n) is 2.96. The number of aliphatic carboxylic acids is 1. The van der Waals surface area contributed by atoms with E-state index in [0.717, 1.165) is 25.7 Å². The molecule has 1 aliphatic rings. The van der Waals surface area contributed by atoms with E-state index in [1.165, 1.54) is 6.42 Å². The SMILES string of the molecule is COCOC(C(C)C)C(C(=O)O)C1CCCCC1. The molecule has 1 fully saturated rings. The quantitative estimate of drug-likeness (QED) is 0.713. The van der Waals surface area contributed by atoms with Crippen LogP contribution in [0.15, 0.2) is 0 Å². The highest BCUT2D eigenvalue weighted by Gasteiger charge is 2.38. The Morgan fingerprint density at radius 2 is 1.89 bits per heavy atom. The van der Waals surface area contributed by atoms with Crippen LogP contribution in [-0.4, -0.2) is 31.1 Å². The zero-order chi connectivity index (χ0) is 13.5. The van der Waals surface area contributed by atoms with Crippen LogP contribution in [-0.2, 0) is 14.3 Å². The van der Waals surface area contributed by atoms with Crippen molar-refractivity contribution in [2.75, 3.05) is 13.9 Å². The Morgan fingerprint density at radius 1 is 1.28 bits per heavy atom. The summed E-state index contributed by atoms with van der Waals surface area (Å²) in [5.41, 5.74) is 0. The molecule has 0 bridgehead atoms. The van der Waals surface area contributed by atoms with Crippen LogP contribution in [0.2, 0.25) is 0 Å². The third-order valence-corrected chi connectivity index (χ3v) is 3.83. The van der Waals surface area contributed by atoms with Gasteiger partial charge in [-0.05, 0) is 24.7 Å². The third-order valence-electron chi connectivity index (χ3n) is 3.83. The largest absolute Gasteiger partial charge is 0.481 e. The van der Waals surface area contributed by atoms with E-state index >= 15 is 0 Å². The lowest BCUT2D eigenvalue weighted by Gasteiger charge is -2.34. The summed E-state index contributed by atoms with van der Waals surface area (Å²) in [5.74, 6) is -0.694. The number of rotatable bonds is 7. The fourth-order valence-corrected chi connectivity index (χ4v) is 2.96. The molecule has 18 heavy (non-hydrogen) atoms. The van der Waals surface area contributed by atoms with Crippen LogP contribution >= 0.6 is 0 Å². The Morgan fingerprint density at radius 3 is 2.33 bits per heavy atom. The van der Waals surface area contributed by atoms with Gasteiger partial charge in [0.15, 0.2) is 0 Å². The predicted molar refractivity (Wildman–Crippen MR) is 69.3 cm³/mol. The molecule has 0 saturated heterocycles. The van der Waals surface area contributed by atoms with E-state index < -0.39 is 11.9 Å². The van der Waals surface area contributed by atoms with Crippen molar-refractivity contribution < 1.29 is 19.4 Å². The number of carbonyl (C=O) groups is 1. The molecule has 0 radical (unpaired) electrons. The Bertz CT molecular complexity index is 246. The average molecular weight is 258 g/mol. The van der Waals surface area contributed by atoms with Gasteiger partial charge in [0, 0.05) is 7.11 Å². The minimum atomic E-state index is -0.725. The van der Waals surface area contributed by atoms with Gasteiger partial charge >= 0.3 is 5.97 Å². The van der Waals surface area contributed by atoms with Gasteiger partial charge < -0.3 is 14.6 Å². The van der Waals surface area contributed by atoms with Gasteiger partial charge in [-0.15, -0.1) is 0 Å². The normalized spacial score (nSPS) is 20.9. The Hall–Kier alpha value is -0.610. The topological polar surface area (TPSA) is 55.8 Å². The first-order chi connectivity index (χ1) is 8.57. The molecule has 4 heteroatoms. The van der Waals surface area contributed by atoms with Gasteiger partial charge in [0.05, 0.1) is 12.0 Å². The van der Waals surface area contributed by atoms with Crippen molar-refractivity contribution >= 4 is 5.97 Å². The van der Waals surface area contributed by atoms with Crippen molar-refractivity contribution in [2.45, 2.75) is 52.1 Å². The van der Waals surface area contributed by atoms with Crippen molar-refractivity contribution in [2.24, 2.45) is 17.8 Å². The molecule has 0 heterocycles. The summed E-state index contributed by atoms with van der Waals surface area (Å²) in [6, 6.07) is 0. The lowest BCUT2D eigenvalue weighted by atomic mass is 9.75. The molecule has 1 saturated carbocycles. The van der Waals surface area contributed by atoms with Crippen LogP contribution in [0.25, 0.3) is 0 Å². The van der Waals surface area contributed by atoms with Crippen LogP contribution in [0.5, 0.6) is 0 Å². The summed E-state index contributed by atoms with van der Waals surface area (Å²) in [5, 5.41) is 9.52. The molecule has 0 aliphatic heterocycles. The van der Waals surface area contributed by atoms with E-state index in [4.69, 9.17) is 9.47 Å². The molecule has 0 amide bonds. The molecule has 2 atom stereocenters. The maximum atomic E-state index is 11.6. The Kier molecular flexibility index (Phi) is 6.65. The van der Waals surface area contributed by atoms with Gasteiger partial charge in [0.25, 0.3) is 0 Å². The molecule has 1 aliphatic carbocycles. The highest BCUT2D eigenvalue weighted by Crippen LogP contribution is 2.35. The highest BCUT2D eigenvalue weighted by atomic mass is 16.7. The fraction of sp³-hybridized carbons (Fsp3) is 0.929. The van der Waals surface area contributed by atoms with Crippen LogP contribution in [0.3, 0.4) is 0 Å². The average Bonchev–Trinajstić information content (AvgIpc) is 2.34. The van der Waals surface area contributed by atoms with E-state index in [0.29, 0.717) is 0 Å². The van der Waals surface area contributed by atoms with Crippen LogP contribution in [0, 0.1) is 17.8 Å². The summed E-state index contributed by atoms with van der Waals surface area (Å²) in [6.45, 7) is 4.19. The zero-order valence-electron chi connectivity index (χ0n) is 11.7. The van der Waals surface area contributed by atoms with Crippen molar-refractivity contribution in [3.63, 3.8) is 0 Å². The van der Waals surface area contributed by atoms with Gasteiger partial charge in [-0.3, -0.25) is 4.79 Å². The van der Waals surface area contributed by atoms with Crippen molar-refractivity contribution in [1.29, 1.82) is 0 Å². The summed E-state index contributed by atoms with van der Waals surface area (Å²) in [7, 11) is 1.56. The number of hydrogen-bond acceptors (Lipinski definition) is 3. The summed E-state index contributed by atoms with van der Waals surface area (Å²) in [4.78, 5) is 11.6. The van der Waals surface area contributed by atoms with Crippen LogP contribution in [0.1, 0.15) is 46.0 Å². The van der Waals surface area contributed by atoms with E-state index in [9.17, 15) is 9.90 Å². The number of carboxylic acid groups (broad SMARTS) is 1. The van der Waals surface area contributed by atoms with Gasteiger partial charge in [-0.1, -0.05) is 33.1 Å². The third kappa shape index (κ3) is 4.25. The van der Waals surface area contributed by atoms with Crippen molar-refractivity contribution in [3.8, 4) is 0 Å². The molecule has 0 aromatic heterocycles. The van der Waals surface area contributed by atoms with E-state index in [1.54, 1.807) is 7.11 Å². The van der Waals surface area contributed by atoms with E-state index in [-0.39, 0.29) is 24.7 Å². The zero-order valence-corrected chi connectivity index (χ0v) is 11.7. The standard InChI is InChI=1S/C14H26O4/c1-10(2)13(18-9-17-3)12(14(15)16)11-7-5-4-6-8-11/h10-13H,4-9H2,1-3H3,(H,15,16). The second-order valence-electron chi connectivity index (χ2n) is 5.54. The molecule has 0 spiro atoms. The molecule has 0 aromatic carbocycles. The summed E-state index contributed by atoms with van der Waals surface area (Å²) < 4.78 is 10.6. The smallest absolute Gasteiger partial charge is 0.309 e. The molecule has 106 valence electrons. The first-order valence-corrected chi connectivity index (χ1v) is 6.91. The maximum Gasteiger partial charge on any atom is 0.309 e. The second kappa shape index (κ2) is 7.74. The lowest BCUT2D eigenvalue weighted by molar-refractivity contribution is -0.163. The number of carboxylic acids is 1. The van der Waals surface area contributed by atoms with Crippen molar-refractivity contribution in [3.05, 3.63) is 0 Å². The predicted octanol–water partition coefficient (Wildman–Crippen LogP) is 2.91. The van der Waals surface area contributed by atoms with Gasteiger partial charge in [0.1, 0.15) is 6.79 Å². The Labute approximate surface area is 110 Å². The first-order valence-electron chi connectivity index (χ1n) is 6.91. The van der Waals surface area contributed by atoms with E-state index in [2.05, 4.69) is 0 Å². The monoisotopic (exact) mass is 258 g/mol. The Balaban J connectivity index is 2.74.